The summed E-state index contributed by atoms with van der Waals surface area (Å²) in [7, 11) is 0. The molecule has 10 nitrogen and oxygen atoms in total. The molecular formula is C20H30N6O4. The van der Waals surface area contributed by atoms with Crippen LogP contribution in [0.4, 0.5) is 0 Å². The van der Waals surface area contributed by atoms with Crippen molar-refractivity contribution in [2.75, 3.05) is 19.6 Å². The zero-order valence-corrected chi connectivity index (χ0v) is 17.1. The van der Waals surface area contributed by atoms with E-state index in [0.29, 0.717) is 43.1 Å². The number of fused-ring (bicyclic) bond motifs is 1. The number of nitrogens with zero attached hydrogens (tertiary/aromatic N) is 5. The average Bonchev–Trinajstić information content (AvgIpc) is 3.30. The van der Waals surface area contributed by atoms with Crippen molar-refractivity contribution in [3.8, 4) is 0 Å². The Kier molecular flexibility index (Phi) is 5.22. The molecule has 1 aromatic heterocycles. The number of nitrogens with one attached hydrogen (secondary N) is 1. The van der Waals surface area contributed by atoms with Crippen LogP contribution in [-0.4, -0.2) is 79.0 Å². The van der Waals surface area contributed by atoms with Gasteiger partial charge in [0.15, 0.2) is 5.82 Å². The van der Waals surface area contributed by atoms with E-state index in [9.17, 15) is 19.8 Å². The lowest BCUT2D eigenvalue weighted by atomic mass is 9.69. The van der Waals surface area contributed by atoms with Crippen molar-refractivity contribution in [2.45, 2.75) is 69.0 Å². The third-order valence-corrected chi connectivity index (χ3v) is 7.58. The van der Waals surface area contributed by atoms with Crippen molar-refractivity contribution in [2.24, 2.45) is 17.8 Å². The summed E-state index contributed by atoms with van der Waals surface area (Å²) in [5, 5.41) is 35.2. The van der Waals surface area contributed by atoms with Gasteiger partial charge in [-0.2, -0.15) is 4.80 Å². The number of carbonyl (C=O) groups is 2. The molecule has 164 valence electrons. The van der Waals surface area contributed by atoms with Crippen LogP contribution >= 0.6 is 0 Å². The summed E-state index contributed by atoms with van der Waals surface area (Å²) in [6.45, 7) is 2.15. The number of hydrogen-bond donors (Lipinski definition) is 3. The van der Waals surface area contributed by atoms with Gasteiger partial charge in [0.05, 0.1) is 6.04 Å². The average molecular weight is 418 g/mol. The first-order valence-electron chi connectivity index (χ1n) is 11.2. The second kappa shape index (κ2) is 7.88. The van der Waals surface area contributed by atoms with Crippen molar-refractivity contribution in [1.29, 1.82) is 0 Å². The van der Waals surface area contributed by atoms with E-state index in [1.54, 1.807) is 4.80 Å². The second-order valence-electron chi connectivity index (χ2n) is 9.67. The van der Waals surface area contributed by atoms with Crippen LogP contribution in [0.15, 0.2) is 0 Å². The number of hydrogen-bond acceptors (Lipinski definition) is 7. The molecule has 0 radical (unpaired) electrons. The van der Waals surface area contributed by atoms with E-state index in [1.807, 2.05) is 0 Å². The molecular weight excluding hydrogens is 388 g/mol. The number of carboxylic acid groups (broad SMARTS) is 2. The normalized spacial score (nSPS) is 37.1. The number of tetrazole rings is 1. The van der Waals surface area contributed by atoms with E-state index in [4.69, 9.17) is 0 Å². The lowest BCUT2D eigenvalue weighted by Gasteiger charge is -2.42. The number of aromatic nitrogens is 4. The molecule has 0 amide bonds. The van der Waals surface area contributed by atoms with Crippen LogP contribution in [0, 0.1) is 17.8 Å². The van der Waals surface area contributed by atoms with Gasteiger partial charge in [0.1, 0.15) is 12.1 Å². The first kappa shape index (κ1) is 19.9. The second-order valence-corrected chi connectivity index (χ2v) is 9.67. The van der Waals surface area contributed by atoms with E-state index in [-0.39, 0.29) is 6.04 Å². The Bertz CT molecular complexity index is 811. The molecule has 5 rings (SSSR count). The summed E-state index contributed by atoms with van der Waals surface area (Å²) in [4.78, 5) is 27.0. The third kappa shape index (κ3) is 3.94. The molecule has 3 heterocycles. The molecule has 2 saturated carbocycles. The first-order valence-corrected chi connectivity index (χ1v) is 11.2. The SMILES string of the molecule is O=C(O)[C@@H]1C[C@H]2C[C@@H](CN3C[C@@H](n4nnc(C5CC5)n4)C[C@H]3C(=O)O)CC[C@H]2CN1. The van der Waals surface area contributed by atoms with Crippen molar-refractivity contribution < 1.29 is 19.8 Å². The van der Waals surface area contributed by atoms with Gasteiger partial charge in [-0.1, -0.05) is 0 Å². The van der Waals surface area contributed by atoms with Crippen LogP contribution in [-0.2, 0) is 9.59 Å². The van der Waals surface area contributed by atoms with E-state index in [1.165, 1.54) is 0 Å². The van der Waals surface area contributed by atoms with Gasteiger partial charge in [-0.3, -0.25) is 14.5 Å². The van der Waals surface area contributed by atoms with Gasteiger partial charge in [0.25, 0.3) is 0 Å². The zero-order chi connectivity index (χ0) is 20.8. The van der Waals surface area contributed by atoms with Gasteiger partial charge in [0.2, 0.25) is 0 Å². The topological polar surface area (TPSA) is 133 Å². The lowest BCUT2D eigenvalue weighted by Crippen LogP contribution is -2.50. The maximum atomic E-state index is 11.9. The molecule has 2 saturated heterocycles. The highest BCUT2D eigenvalue weighted by atomic mass is 16.4. The van der Waals surface area contributed by atoms with Crippen LogP contribution in [0.2, 0.25) is 0 Å². The van der Waals surface area contributed by atoms with Crippen LogP contribution < -0.4 is 5.32 Å². The molecule has 2 aliphatic heterocycles. The van der Waals surface area contributed by atoms with Crippen LogP contribution in [0.25, 0.3) is 0 Å². The van der Waals surface area contributed by atoms with Gasteiger partial charge in [-0.05, 0) is 74.5 Å². The number of aliphatic carboxylic acids is 2. The van der Waals surface area contributed by atoms with Gasteiger partial charge in [-0.25, -0.2) is 0 Å². The maximum Gasteiger partial charge on any atom is 0.321 e. The minimum atomic E-state index is -0.790. The Labute approximate surface area is 175 Å². The molecule has 0 bridgehead atoms. The Morgan fingerprint density at radius 1 is 1.03 bits per heavy atom. The number of rotatable bonds is 6. The van der Waals surface area contributed by atoms with Crippen LogP contribution in [0.3, 0.4) is 0 Å². The maximum absolute atomic E-state index is 11.9. The molecule has 4 aliphatic rings. The smallest absolute Gasteiger partial charge is 0.321 e. The number of piperidine rings is 1. The number of carboxylic acids is 2. The van der Waals surface area contributed by atoms with Crippen molar-refractivity contribution in [3.63, 3.8) is 0 Å². The van der Waals surface area contributed by atoms with Gasteiger partial charge in [0, 0.05) is 19.0 Å². The Morgan fingerprint density at radius 2 is 1.87 bits per heavy atom. The fourth-order valence-corrected chi connectivity index (χ4v) is 5.75. The molecule has 6 atom stereocenters. The van der Waals surface area contributed by atoms with Crippen molar-refractivity contribution >= 4 is 11.9 Å². The summed E-state index contributed by atoms with van der Waals surface area (Å²) in [6.07, 6.45) is 6.54. The molecule has 0 aromatic carbocycles. The molecule has 2 aliphatic carbocycles. The Balaban J connectivity index is 1.22. The number of likely N-dealkylation sites (tertiary alicyclic amines) is 1. The molecule has 3 N–H and O–H groups in total. The standard InChI is InChI=1S/C20H30N6O4/c27-19(28)16-6-14-5-11(1-2-13(14)8-21-16)9-25-10-15(7-17(25)20(29)30)26-23-18(22-24-26)12-3-4-12/h11-17,21H,1-10H2,(H,27,28)(H,29,30)/t11-,13-,14+,15-,16-,17-/m0/s1. The largest absolute Gasteiger partial charge is 0.480 e. The summed E-state index contributed by atoms with van der Waals surface area (Å²) in [6, 6.07) is -1.03. The molecule has 30 heavy (non-hydrogen) atoms. The molecule has 0 unspecified atom stereocenters. The van der Waals surface area contributed by atoms with Gasteiger partial charge in [-0.15, -0.1) is 10.2 Å². The van der Waals surface area contributed by atoms with E-state index in [2.05, 4.69) is 25.6 Å². The predicted molar refractivity (Wildman–Crippen MR) is 105 cm³/mol. The van der Waals surface area contributed by atoms with E-state index in [0.717, 1.165) is 51.0 Å². The van der Waals surface area contributed by atoms with Gasteiger partial charge < -0.3 is 15.5 Å². The van der Waals surface area contributed by atoms with E-state index >= 15 is 0 Å². The summed E-state index contributed by atoms with van der Waals surface area (Å²) < 4.78 is 0. The third-order valence-electron chi connectivity index (χ3n) is 7.58. The highest BCUT2D eigenvalue weighted by molar-refractivity contribution is 5.74. The fraction of sp³-hybridized carbons (Fsp3) is 0.850. The summed E-state index contributed by atoms with van der Waals surface area (Å²) >= 11 is 0. The molecule has 0 spiro atoms. The molecule has 1 aromatic rings. The summed E-state index contributed by atoms with van der Waals surface area (Å²) in [5.74, 6) is 1.02. The zero-order valence-electron chi connectivity index (χ0n) is 17.1. The van der Waals surface area contributed by atoms with Crippen LogP contribution in [0.1, 0.15) is 62.7 Å². The van der Waals surface area contributed by atoms with Crippen molar-refractivity contribution in [3.05, 3.63) is 5.82 Å². The molecule has 10 heteroatoms. The molecule has 4 fully saturated rings. The highest BCUT2D eigenvalue weighted by Crippen LogP contribution is 2.40. The van der Waals surface area contributed by atoms with Crippen LogP contribution in [0.5, 0.6) is 0 Å². The predicted octanol–water partition coefficient (Wildman–Crippen LogP) is 0.730. The Morgan fingerprint density at radius 3 is 2.60 bits per heavy atom. The summed E-state index contributed by atoms with van der Waals surface area (Å²) in [5.41, 5.74) is 0. The minimum absolute atomic E-state index is 0.0577. The van der Waals surface area contributed by atoms with Gasteiger partial charge >= 0.3 is 11.9 Å². The quantitative estimate of drug-likeness (QED) is 0.611. The van der Waals surface area contributed by atoms with Crippen molar-refractivity contribution in [1.82, 2.24) is 30.4 Å². The first-order chi connectivity index (χ1) is 14.5. The minimum Gasteiger partial charge on any atom is -0.480 e. The van der Waals surface area contributed by atoms with E-state index < -0.39 is 24.0 Å². The fourth-order valence-electron chi connectivity index (χ4n) is 5.75. The highest BCUT2D eigenvalue weighted by Gasteiger charge is 2.43. The lowest BCUT2D eigenvalue weighted by molar-refractivity contribution is -0.143. The monoisotopic (exact) mass is 418 g/mol. The Hall–Kier alpha value is -2.07.